The van der Waals surface area contributed by atoms with Gasteiger partial charge in [-0.1, -0.05) is 29.8 Å². The molecule has 1 aliphatic rings. The molecule has 0 unspecified atom stereocenters. The molecule has 2 rings (SSSR count). The van der Waals surface area contributed by atoms with E-state index in [0.29, 0.717) is 5.02 Å². The average Bonchev–Trinajstić information content (AvgIpc) is 2.40. The summed E-state index contributed by atoms with van der Waals surface area (Å²) in [4.78, 5) is 0. The summed E-state index contributed by atoms with van der Waals surface area (Å²) >= 11 is 6.10. The lowest BCUT2D eigenvalue weighted by Crippen LogP contribution is -2.20. The summed E-state index contributed by atoms with van der Waals surface area (Å²) in [6.45, 7) is 7.68. The highest BCUT2D eigenvalue weighted by Crippen LogP contribution is 2.39. The van der Waals surface area contributed by atoms with Gasteiger partial charge in [0.15, 0.2) is 5.79 Å². The second-order valence-electron chi connectivity index (χ2n) is 4.12. The summed E-state index contributed by atoms with van der Waals surface area (Å²) in [6.07, 6.45) is -0.409. The molecule has 3 heteroatoms. The van der Waals surface area contributed by atoms with E-state index in [4.69, 9.17) is 21.1 Å². The van der Waals surface area contributed by atoms with E-state index in [2.05, 4.69) is 6.92 Å². The monoisotopic (exact) mass is 225 g/mol. The highest BCUT2D eigenvalue weighted by Gasteiger charge is 2.40. The van der Waals surface area contributed by atoms with Crippen molar-refractivity contribution < 1.29 is 9.47 Å². The van der Waals surface area contributed by atoms with Gasteiger partial charge in [0.25, 0.3) is 0 Å². The lowest BCUT2D eigenvalue weighted by atomic mass is 10.1. The molecule has 0 aliphatic carbocycles. The van der Waals surface area contributed by atoms with Crippen molar-refractivity contribution in [1.82, 2.24) is 0 Å². The molecule has 0 spiro atoms. The van der Waals surface area contributed by atoms with Crippen molar-refractivity contribution in [2.75, 3.05) is 0 Å². The van der Waals surface area contributed by atoms with Crippen molar-refractivity contribution in [1.29, 1.82) is 0 Å². The van der Waals surface area contributed by atoms with Gasteiger partial charge in [0.05, 0.1) is 6.10 Å². The van der Waals surface area contributed by atoms with Crippen LogP contribution in [0.4, 0.5) is 0 Å². The largest absolute Gasteiger partial charge is 0.344 e. The Kier molecular flexibility index (Phi) is 2.75. The van der Waals surface area contributed by atoms with Crippen LogP contribution in [0.3, 0.4) is 0 Å². The maximum absolute atomic E-state index is 6.10. The summed E-state index contributed by atoms with van der Waals surface area (Å²) in [5.41, 5.74) is 0.935. The molecule has 0 bridgehead atoms. The smallest absolute Gasteiger partial charge is 0.164 e. The van der Waals surface area contributed by atoms with Crippen LogP contribution in [0, 0.1) is 6.92 Å². The zero-order chi connectivity index (χ0) is 11.1. The summed E-state index contributed by atoms with van der Waals surface area (Å²) in [5, 5.41) is 0.692. The van der Waals surface area contributed by atoms with Gasteiger partial charge in [-0.2, -0.15) is 0 Å². The molecule has 1 aromatic rings. The molecule has 1 fully saturated rings. The molecule has 1 heterocycles. The Labute approximate surface area is 95.1 Å². The SMILES string of the molecule is [CH2][C@@H]1OC(C)(C)O[C@@H]1c1ccccc1Cl. The van der Waals surface area contributed by atoms with Crippen LogP contribution in [0.15, 0.2) is 24.3 Å². The van der Waals surface area contributed by atoms with E-state index in [1.54, 1.807) is 0 Å². The zero-order valence-electron chi connectivity index (χ0n) is 8.87. The summed E-state index contributed by atoms with van der Waals surface area (Å²) in [6, 6.07) is 7.61. The summed E-state index contributed by atoms with van der Waals surface area (Å²) < 4.78 is 11.3. The van der Waals surface area contributed by atoms with Crippen LogP contribution in [-0.4, -0.2) is 11.9 Å². The first-order valence-corrected chi connectivity index (χ1v) is 5.30. The quantitative estimate of drug-likeness (QED) is 0.730. The first-order chi connectivity index (χ1) is 6.99. The maximum atomic E-state index is 6.10. The molecule has 1 radical (unpaired) electrons. The third-order valence-corrected chi connectivity index (χ3v) is 2.74. The molecule has 2 atom stereocenters. The van der Waals surface area contributed by atoms with E-state index in [1.165, 1.54) is 0 Å². The number of hydrogen-bond donors (Lipinski definition) is 0. The molecule has 0 aromatic heterocycles. The van der Waals surface area contributed by atoms with E-state index in [9.17, 15) is 0 Å². The van der Waals surface area contributed by atoms with Crippen molar-refractivity contribution in [2.24, 2.45) is 0 Å². The van der Waals surface area contributed by atoms with Gasteiger partial charge in [0.1, 0.15) is 6.10 Å². The normalized spacial score (nSPS) is 29.3. The van der Waals surface area contributed by atoms with Gasteiger partial charge in [-0.05, 0) is 26.8 Å². The number of rotatable bonds is 1. The Hall–Kier alpha value is -0.570. The van der Waals surface area contributed by atoms with Gasteiger partial charge >= 0.3 is 0 Å². The molecule has 0 N–H and O–H groups in total. The summed E-state index contributed by atoms with van der Waals surface area (Å²) in [7, 11) is 0. The number of ether oxygens (including phenoxy) is 2. The van der Waals surface area contributed by atoms with Crippen molar-refractivity contribution in [2.45, 2.75) is 31.8 Å². The maximum Gasteiger partial charge on any atom is 0.164 e. The van der Waals surface area contributed by atoms with Gasteiger partial charge in [-0.3, -0.25) is 0 Å². The molecular formula is C12H14ClO2. The van der Waals surface area contributed by atoms with Gasteiger partial charge in [-0.25, -0.2) is 0 Å². The molecule has 1 aromatic carbocycles. The number of halogens is 1. The van der Waals surface area contributed by atoms with E-state index >= 15 is 0 Å². The van der Waals surface area contributed by atoms with Crippen molar-refractivity contribution in [3.63, 3.8) is 0 Å². The first kappa shape index (κ1) is 10.9. The number of hydrogen-bond acceptors (Lipinski definition) is 2. The molecule has 1 aliphatic heterocycles. The van der Waals surface area contributed by atoms with Crippen LogP contribution >= 0.6 is 11.6 Å². The molecule has 15 heavy (non-hydrogen) atoms. The minimum atomic E-state index is -0.587. The second-order valence-corrected chi connectivity index (χ2v) is 4.52. The van der Waals surface area contributed by atoms with Gasteiger partial charge in [0, 0.05) is 10.6 Å². The Bertz CT molecular complexity index is 362. The Balaban J connectivity index is 2.29. The molecule has 81 valence electrons. The summed E-state index contributed by atoms with van der Waals surface area (Å²) in [5.74, 6) is -0.587. The Morgan fingerprint density at radius 3 is 2.47 bits per heavy atom. The Morgan fingerprint density at radius 1 is 1.27 bits per heavy atom. The highest BCUT2D eigenvalue weighted by molar-refractivity contribution is 6.31. The fourth-order valence-electron chi connectivity index (χ4n) is 1.81. The predicted molar refractivity (Wildman–Crippen MR) is 59.6 cm³/mol. The van der Waals surface area contributed by atoms with Crippen LogP contribution < -0.4 is 0 Å². The third kappa shape index (κ3) is 2.17. The lowest BCUT2D eigenvalue weighted by Gasteiger charge is -2.17. The predicted octanol–water partition coefficient (Wildman–Crippen LogP) is 3.37. The molecule has 1 saturated heterocycles. The van der Waals surface area contributed by atoms with Gasteiger partial charge in [0.2, 0.25) is 0 Å². The Morgan fingerprint density at radius 2 is 1.93 bits per heavy atom. The van der Waals surface area contributed by atoms with Crippen LogP contribution in [0.5, 0.6) is 0 Å². The van der Waals surface area contributed by atoms with E-state index in [0.717, 1.165) is 5.56 Å². The fourth-order valence-corrected chi connectivity index (χ4v) is 2.05. The van der Waals surface area contributed by atoms with E-state index < -0.39 is 5.79 Å². The zero-order valence-corrected chi connectivity index (χ0v) is 9.62. The fraction of sp³-hybridized carbons (Fsp3) is 0.417. The van der Waals surface area contributed by atoms with Crippen molar-refractivity contribution in [3.05, 3.63) is 41.8 Å². The van der Waals surface area contributed by atoms with Crippen molar-refractivity contribution >= 4 is 11.6 Å². The van der Waals surface area contributed by atoms with E-state index in [1.807, 2.05) is 38.1 Å². The van der Waals surface area contributed by atoms with Crippen LogP contribution in [0.1, 0.15) is 25.5 Å². The topological polar surface area (TPSA) is 18.5 Å². The average molecular weight is 226 g/mol. The first-order valence-electron chi connectivity index (χ1n) is 4.93. The molecule has 0 saturated carbocycles. The standard InChI is InChI=1S/C12H14ClO2/c1-8-11(15-12(2,3)14-8)9-6-4-5-7-10(9)13/h4-8,11H,1H2,2-3H3/t8-,11-/m0/s1. The van der Waals surface area contributed by atoms with Gasteiger partial charge < -0.3 is 9.47 Å². The van der Waals surface area contributed by atoms with Gasteiger partial charge in [-0.15, -0.1) is 0 Å². The second kappa shape index (κ2) is 3.78. The van der Waals surface area contributed by atoms with E-state index in [-0.39, 0.29) is 12.2 Å². The molecule has 2 nitrogen and oxygen atoms in total. The molecule has 0 amide bonds. The van der Waals surface area contributed by atoms with Crippen LogP contribution in [-0.2, 0) is 9.47 Å². The number of benzene rings is 1. The van der Waals surface area contributed by atoms with Crippen molar-refractivity contribution in [3.8, 4) is 0 Å². The minimum Gasteiger partial charge on any atom is -0.344 e. The lowest BCUT2D eigenvalue weighted by molar-refractivity contribution is -0.143. The molecular weight excluding hydrogens is 212 g/mol. The minimum absolute atomic E-state index is 0.186. The third-order valence-electron chi connectivity index (χ3n) is 2.40. The van der Waals surface area contributed by atoms with Crippen LogP contribution in [0.2, 0.25) is 5.02 Å². The highest BCUT2D eigenvalue weighted by atomic mass is 35.5. The van der Waals surface area contributed by atoms with Crippen LogP contribution in [0.25, 0.3) is 0 Å².